The number of nitrogens with zero attached hydrogens (tertiary/aromatic N) is 4. The topological polar surface area (TPSA) is 91.4 Å². The smallest absolute Gasteiger partial charge is 0.262 e. The Balaban J connectivity index is 1.88. The van der Waals surface area contributed by atoms with Gasteiger partial charge in [-0.05, 0) is 18.8 Å². The van der Waals surface area contributed by atoms with Crippen molar-refractivity contribution in [2.45, 2.75) is 19.3 Å². The maximum atomic E-state index is 8.82. The highest BCUT2D eigenvalue weighted by Gasteiger charge is 2.24. The van der Waals surface area contributed by atoms with Crippen LogP contribution in [0.2, 0.25) is 0 Å². The lowest BCUT2D eigenvalue weighted by Gasteiger charge is -1.87. The molecule has 3 rings (SSSR count). The maximum absolute atomic E-state index is 8.82. The minimum Gasteiger partial charge on any atom is -0.334 e. The Hall–Kier alpha value is -2.16. The molecule has 1 aliphatic carbocycles. The highest BCUT2D eigenvalue weighted by molar-refractivity contribution is 5.58. The van der Waals surface area contributed by atoms with E-state index < -0.39 is 0 Å². The molecule has 0 radical (unpaired) electrons. The molecule has 0 unspecified atom stereocenters. The van der Waals surface area contributed by atoms with E-state index >= 15 is 0 Å². The van der Waals surface area contributed by atoms with E-state index in [1.54, 1.807) is 0 Å². The van der Waals surface area contributed by atoms with Gasteiger partial charge in [0.15, 0.2) is 5.82 Å². The van der Waals surface area contributed by atoms with E-state index in [2.05, 4.69) is 20.3 Å². The summed E-state index contributed by atoms with van der Waals surface area (Å²) in [6.45, 7) is 0. The van der Waals surface area contributed by atoms with Gasteiger partial charge in [-0.3, -0.25) is 5.10 Å². The van der Waals surface area contributed by atoms with Crippen molar-refractivity contribution in [2.24, 2.45) is 5.92 Å². The number of hydrogen-bond acceptors (Lipinski definition) is 5. The van der Waals surface area contributed by atoms with Crippen LogP contribution in [0.25, 0.3) is 11.5 Å². The Morgan fingerprint density at radius 3 is 3.19 bits per heavy atom. The molecule has 2 aromatic heterocycles. The summed E-state index contributed by atoms with van der Waals surface area (Å²) in [5.41, 5.74) is 0.915. The number of aromatic amines is 1. The average molecular weight is 215 g/mol. The summed E-state index contributed by atoms with van der Waals surface area (Å²) in [6.07, 6.45) is 4.88. The number of nitriles is 1. The van der Waals surface area contributed by atoms with Crippen LogP contribution >= 0.6 is 0 Å². The molecule has 0 aromatic carbocycles. The van der Waals surface area contributed by atoms with E-state index in [-0.39, 0.29) is 0 Å². The van der Waals surface area contributed by atoms with Gasteiger partial charge >= 0.3 is 0 Å². The first-order valence-corrected chi connectivity index (χ1v) is 5.13. The van der Waals surface area contributed by atoms with Gasteiger partial charge in [-0.1, -0.05) is 5.16 Å². The first-order valence-electron chi connectivity index (χ1n) is 5.13. The van der Waals surface area contributed by atoms with Crippen molar-refractivity contribution >= 4 is 0 Å². The van der Waals surface area contributed by atoms with E-state index in [1.165, 1.54) is 19.0 Å². The molecule has 0 atom stereocenters. The van der Waals surface area contributed by atoms with Crippen molar-refractivity contribution in [3.05, 3.63) is 17.7 Å². The minimum absolute atomic E-state index is 0.349. The zero-order valence-corrected chi connectivity index (χ0v) is 8.47. The first kappa shape index (κ1) is 9.09. The summed E-state index contributed by atoms with van der Waals surface area (Å²) < 4.78 is 5.11. The largest absolute Gasteiger partial charge is 0.334 e. The van der Waals surface area contributed by atoms with Crippen LogP contribution in [-0.4, -0.2) is 20.3 Å². The lowest BCUT2D eigenvalue weighted by Crippen LogP contribution is -1.89. The van der Waals surface area contributed by atoms with Crippen molar-refractivity contribution in [2.75, 3.05) is 0 Å². The number of nitrogens with one attached hydrogen (secondary N) is 1. The average Bonchev–Trinajstić information content (AvgIpc) is 2.82. The third-order valence-corrected chi connectivity index (χ3v) is 2.62. The van der Waals surface area contributed by atoms with Crippen molar-refractivity contribution in [3.63, 3.8) is 0 Å². The van der Waals surface area contributed by atoms with Gasteiger partial charge in [0, 0.05) is 6.42 Å². The van der Waals surface area contributed by atoms with Gasteiger partial charge in [0.1, 0.15) is 11.8 Å². The number of rotatable bonds is 3. The summed E-state index contributed by atoms with van der Waals surface area (Å²) in [5.74, 6) is 1.79. The van der Waals surface area contributed by atoms with E-state index in [4.69, 9.17) is 9.78 Å². The molecular formula is C10H9N5O. The van der Waals surface area contributed by atoms with Gasteiger partial charge in [0.2, 0.25) is 0 Å². The molecule has 0 aliphatic heterocycles. The molecule has 0 amide bonds. The van der Waals surface area contributed by atoms with Crippen LogP contribution in [0, 0.1) is 17.2 Å². The Kier molecular flexibility index (Phi) is 1.96. The summed E-state index contributed by atoms with van der Waals surface area (Å²) >= 11 is 0. The van der Waals surface area contributed by atoms with Crippen molar-refractivity contribution in [1.82, 2.24) is 20.3 Å². The molecule has 2 aromatic rings. The molecule has 0 saturated heterocycles. The molecule has 1 aliphatic rings. The molecule has 1 saturated carbocycles. The molecule has 6 nitrogen and oxygen atoms in total. The van der Waals surface area contributed by atoms with Gasteiger partial charge < -0.3 is 4.52 Å². The Bertz CT molecular complexity index is 546. The predicted molar refractivity (Wildman–Crippen MR) is 53.0 cm³/mol. The van der Waals surface area contributed by atoms with E-state index in [0.717, 1.165) is 6.42 Å². The summed E-state index contributed by atoms with van der Waals surface area (Å²) in [4.78, 5) is 4.25. The van der Waals surface area contributed by atoms with Gasteiger partial charge in [-0.25, -0.2) is 0 Å². The highest BCUT2D eigenvalue weighted by Crippen LogP contribution is 2.32. The van der Waals surface area contributed by atoms with Crippen LogP contribution in [0.5, 0.6) is 0 Å². The fourth-order valence-corrected chi connectivity index (χ4v) is 1.56. The Morgan fingerprint density at radius 1 is 1.56 bits per heavy atom. The summed E-state index contributed by atoms with van der Waals surface area (Å²) in [6, 6.07) is 1.99. The predicted octanol–water partition coefficient (Wildman–Crippen LogP) is 1.28. The van der Waals surface area contributed by atoms with Gasteiger partial charge in [-0.2, -0.15) is 15.3 Å². The summed E-state index contributed by atoms with van der Waals surface area (Å²) in [7, 11) is 0. The second-order valence-corrected chi connectivity index (χ2v) is 3.93. The van der Waals surface area contributed by atoms with Crippen molar-refractivity contribution < 1.29 is 4.52 Å². The quantitative estimate of drug-likeness (QED) is 0.832. The highest BCUT2D eigenvalue weighted by atomic mass is 16.5. The van der Waals surface area contributed by atoms with E-state index in [9.17, 15) is 0 Å². The first-order chi connectivity index (χ1) is 7.86. The summed E-state index contributed by atoms with van der Waals surface area (Å²) in [5, 5.41) is 19.1. The van der Waals surface area contributed by atoms with Crippen LogP contribution in [-0.2, 0) is 6.42 Å². The third-order valence-electron chi connectivity index (χ3n) is 2.62. The SMILES string of the molecule is N#Cc1[nH]ncc1-c1nc(CC2CC2)no1. The molecule has 16 heavy (non-hydrogen) atoms. The molecule has 1 N–H and O–H groups in total. The zero-order chi connectivity index (χ0) is 11.0. The fourth-order valence-electron chi connectivity index (χ4n) is 1.56. The molecule has 80 valence electrons. The van der Waals surface area contributed by atoms with Crippen LogP contribution in [0.4, 0.5) is 0 Å². The number of hydrogen-bond donors (Lipinski definition) is 1. The van der Waals surface area contributed by atoms with Crippen LogP contribution in [0.15, 0.2) is 10.7 Å². The lowest BCUT2D eigenvalue weighted by atomic mass is 10.2. The van der Waals surface area contributed by atoms with Gasteiger partial charge in [0.25, 0.3) is 5.89 Å². The van der Waals surface area contributed by atoms with Crippen molar-refractivity contribution in [3.8, 4) is 17.5 Å². The second kappa shape index (κ2) is 3.45. The molecule has 2 heterocycles. The number of aromatic nitrogens is 4. The molecule has 0 bridgehead atoms. The molecule has 6 heteroatoms. The minimum atomic E-state index is 0.349. The number of H-pyrrole nitrogens is 1. The normalized spacial score (nSPS) is 14.9. The maximum Gasteiger partial charge on any atom is 0.262 e. The van der Waals surface area contributed by atoms with Crippen molar-refractivity contribution in [1.29, 1.82) is 5.26 Å². The zero-order valence-electron chi connectivity index (χ0n) is 8.47. The molecule has 1 fully saturated rings. The van der Waals surface area contributed by atoms with Crippen LogP contribution in [0.3, 0.4) is 0 Å². The fraction of sp³-hybridized carbons (Fsp3) is 0.400. The van der Waals surface area contributed by atoms with Gasteiger partial charge in [-0.15, -0.1) is 0 Å². The third kappa shape index (κ3) is 1.56. The Morgan fingerprint density at radius 2 is 2.44 bits per heavy atom. The van der Waals surface area contributed by atoms with Crippen LogP contribution in [0.1, 0.15) is 24.4 Å². The van der Waals surface area contributed by atoms with Gasteiger partial charge in [0.05, 0.1) is 11.8 Å². The standard InChI is InChI=1S/C10H9N5O/c11-4-8-7(5-12-14-8)10-13-9(15-16-10)3-6-1-2-6/h5-6H,1-3H2,(H,12,14). The molecular weight excluding hydrogens is 206 g/mol. The lowest BCUT2D eigenvalue weighted by molar-refractivity contribution is 0.421. The Labute approximate surface area is 91.3 Å². The van der Waals surface area contributed by atoms with E-state index in [0.29, 0.717) is 28.9 Å². The monoisotopic (exact) mass is 215 g/mol. The molecule has 0 spiro atoms. The van der Waals surface area contributed by atoms with E-state index in [1.807, 2.05) is 6.07 Å². The van der Waals surface area contributed by atoms with Crippen LogP contribution < -0.4 is 0 Å². The second-order valence-electron chi connectivity index (χ2n) is 3.93.